The zero-order valence-electron chi connectivity index (χ0n) is 14.9. The molecule has 3 aromatic rings. The average Bonchev–Trinajstić information content (AvgIpc) is 3.34. The number of nitrogens with two attached hydrogens (primary N) is 1. The van der Waals surface area contributed by atoms with Crippen LogP contribution in [0.5, 0.6) is 0 Å². The molecule has 0 spiro atoms. The van der Waals surface area contributed by atoms with Crippen LogP contribution in [0.3, 0.4) is 0 Å². The molecule has 1 aliphatic heterocycles. The van der Waals surface area contributed by atoms with Crippen LogP contribution in [0.2, 0.25) is 0 Å². The quantitative estimate of drug-likeness (QED) is 0.638. The van der Waals surface area contributed by atoms with Gasteiger partial charge in [0, 0.05) is 5.56 Å². The highest BCUT2D eigenvalue weighted by Crippen LogP contribution is 2.34. The number of anilines is 1. The SMILES string of the molecule is Nc1ncnc2c1ncn2[C@H]1CC[C@@H](C(O)C(=O)c2cccc(C(F)(F)F)c2)O1. The summed E-state index contributed by atoms with van der Waals surface area (Å²) in [4.78, 5) is 24.6. The molecule has 0 radical (unpaired) electrons. The average molecular weight is 407 g/mol. The number of aromatic nitrogens is 4. The van der Waals surface area contributed by atoms with Crippen LogP contribution in [0.1, 0.15) is 35.0 Å². The fourth-order valence-corrected chi connectivity index (χ4v) is 3.35. The number of ketones is 1. The Morgan fingerprint density at radius 2 is 2.07 bits per heavy atom. The first-order valence-corrected chi connectivity index (χ1v) is 8.73. The summed E-state index contributed by atoms with van der Waals surface area (Å²) in [6.45, 7) is 0. The molecular weight excluding hydrogens is 391 g/mol. The van der Waals surface area contributed by atoms with Crippen LogP contribution in [-0.4, -0.2) is 42.6 Å². The third-order valence-corrected chi connectivity index (χ3v) is 4.82. The normalized spacial score (nSPS) is 20.8. The van der Waals surface area contributed by atoms with E-state index in [9.17, 15) is 23.1 Å². The molecular formula is C18H16F3N5O3. The summed E-state index contributed by atoms with van der Waals surface area (Å²) in [5.74, 6) is -0.619. The van der Waals surface area contributed by atoms with Gasteiger partial charge in [-0.3, -0.25) is 9.36 Å². The van der Waals surface area contributed by atoms with E-state index >= 15 is 0 Å². The van der Waals surface area contributed by atoms with E-state index in [1.54, 1.807) is 4.57 Å². The third-order valence-electron chi connectivity index (χ3n) is 4.82. The molecule has 3 N–H and O–H groups in total. The second-order valence-electron chi connectivity index (χ2n) is 6.68. The minimum atomic E-state index is -4.58. The standard InChI is InChI=1S/C18H16F3N5O3/c19-18(20,21)10-3-1-2-9(6-10)14(27)15(28)11-4-5-12(29-11)26-8-25-13-16(22)23-7-24-17(13)26/h1-3,6-8,11-12,15,28H,4-5H2,(H2,22,23,24)/t11-,12+,15?/m0/s1. The van der Waals surface area contributed by atoms with E-state index in [-0.39, 0.29) is 11.4 Å². The van der Waals surface area contributed by atoms with Crippen LogP contribution >= 0.6 is 0 Å². The van der Waals surface area contributed by atoms with E-state index in [1.165, 1.54) is 18.7 Å². The van der Waals surface area contributed by atoms with Gasteiger partial charge in [0.2, 0.25) is 0 Å². The van der Waals surface area contributed by atoms with Crippen LogP contribution < -0.4 is 5.73 Å². The number of ether oxygens (including phenoxy) is 1. The van der Waals surface area contributed by atoms with Gasteiger partial charge < -0.3 is 15.6 Å². The second kappa shape index (κ2) is 7.08. The highest BCUT2D eigenvalue weighted by Gasteiger charge is 2.37. The van der Waals surface area contributed by atoms with E-state index in [4.69, 9.17) is 10.5 Å². The van der Waals surface area contributed by atoms with Gasteiger partial charge in [-0.15, -0.1) is 0 Å². The Bertz CT molecular complexity index is 1070. The van der Waals surface area contributed by atoms with Crippen molar-refractivity contribution >= 4 is 22.8 Å². The summed E-state index contributed by atoms with van der Waals surface area (Å²) < 4.78 is 46.0. The highest BCUT2D eigenvalue weighted by molar-refractivity contribution is 5.99. The zero-order valence-corrected chi connectivity index (χ0v) is 14.9. The van der Waals surface area contributed by atoms with E-state index in [0.29, 0.717) is 24.0 Å². The van der Waals surface area contributed by atoms with Gasteiger partial charge in [0.1, 0.15) is 24.2 Å². The van der Waals surface area contributed by atoms with Gasteiger partial charge in [0.05, 0.1) is 18.0 Å². The van der Waals surface area contributed by atoms with Crippen molar-refractivity contribution in [2.45, 2.75) is 37.5 Å². The number of Topliss-reactive ketones (excluding diaryl/α,β-unsaturated/α-hetero) is 1. The molecule has 1 aromatic carbocycles. The zero-order chi connectivity index (χ0) is 20.8. The van der Waals surface area contributed by atoms with Gasteiger partial charge in [0.15, 0.2) is 17.2 Å². The molecule has 1 unspecified atom stereocenters. The number of alkyl halides is 3. The molecule has 29 heavy (non-hydrogen) atoms. The lowest BCUT2D eigenvalue weighted by molar-refractivity contribution is -0.137. The molecule has 3 heterocycles. The monoisotopic (exact) mass is 407 g/mol. The van der Waals surface area contributed by atoms with Crippen LogP contribution in [0.4, 0.5) is 19.0 Å². The van der Waals surface area contributed by atoms with E-state index in [0.717, 1.165) is 18.2 Å². The van der Waals surface area contributed by atoms with Crippen molar-refractivity contribution in [3.05, 3.63) is 48.0 Å². The first-order valence-electron chi connectivity index (χ1n) is 8.73. The lowest BCUT2D eigenvalue weighted by atomic mass is 9.99. The van der Waals surface area contributed by atoms with Crippen LogP contribution in [0.15, 0.2) is 36.9 Å². The maximum Gasteiger partial charge on any atom is 0.416 e. The number of aliphatic hydroxyl groups is 1. The molecule has 0 aliphatic carbocycles. The predicted molar refractivity (Wildman–Crippen MR) is 94.7 cm³/mol. The van der Waals surface area contributed by atoms with E-state index in [1.807, 2.05) is 0 Å². The van der Waals surface area contributed by atoms with Gasteiger partial charge in [-0.2, -0.15) is 13.2 Å². The minimum Gasteiger partial charge on any atom is -0.382 e. The predicted octanol–water partition coefficient (Wildman–Crippen LogP) is 2.35. The largest absolute Gasteiger partial charge is 0.416 e. The van der Waals surface area contributed by atoms with Crippen molar-refractivity contribution in [2.75, 3.05) is 5.73 Å². The smallest absolute Gasteiger partial charge is 0.382 e. The molecule has 1 aliphatic rings. The number of imidazole rings is 1. The van der Waals surface area contributed by atoms with Crippen molar-refractivity contribution in [2.24, 2.45) is 0 Å². The Morgan fingerprint density at radius 3 is 2.83 bits per heavy atom. The van der Waals surface area contributed by atoms with Crippen LogP contribution in [-0.2, 0) is 10.9 Å². The Morgan fingerprint density at radius 1 is 1.28 bits per heavy atom. The first-order chi connectivity index (χ1) is 13.8. The number of hydrogen-bond acceptors (Lipinski definition) is 7. The molecule has 0 saturated carbocycles. The maximum absolute atomic E-state index is 12.9. The molecule has 2 aromatic heterocycles. The summed E-state index contributed by atoms with van der Waals surface area (Å²) >= 11 is 0. The number of benzene rings is 1. The summed E-state index contributed by atoms with van der Waals surface area (Å²) in [7, 11) is 0. The maximum atomic E-state index is 12.9. The molecule has 1 saturated heterocycles. The number of fused-ring (bicyclic) bond motifs is 1. The van der Waals surface area contributed by atoms with Gasteiger partial charge in [0.25, 0.3) is 0 Å². The topological polar surface area (TPSA) is 116 Å². The summed E-state index contributed by atoms with van der Waals surface area (Å²) in [6.07, 6.45) is -4.07. The molecule has 8 nitrogen and oxygen atoms in total. The van der Waals surface area contributed by atoms with Crippen molar-refractivity contribution in [3.8, 4) is 0 Å². The van der Waals surface area contributed by atoms with Gasteiger partial charge in [-0.25, -0.2) is 15.0 Å². The molecule has 1 fully saturated rings. The van der Waals surface area contributed by atoms with Crippen molar-refractivity contribution < 1.29 is 27.8 Å². The molecule has 11 heteroatoms. The number of carbonyl (C=O) groups excluding carboxylic acids is 1. The number of rotatable bonds is 4. The molecule has 152 valence electrons. The minimum absolute atomic E-state index is 0.211. The summed E-state index contributed by atoms with van der Waals surface area (Å²) in [6, 6.07) is 3.95. The molecule has 0 bridgehead atoms. The lowest BCUT2D eigenvalue weighted by Gasteiger charge is -2.19. The van der Waals surface area contributed by atoms with Crippen molar-refractivity contribution in [1.29, 1.82) is 0 Å². The molecule has 3 atom stereocenters. The van der Waals surface area contributed by atoms with E-state index in [2.05, 4.69) is 15.0 Å². The Balaban J connectivity index is 1.51. The number of carbonyl (C=O) groups is 1. The van der Waals surface area contributed by atoms with Crippen LogP contribution in [0, 0.1) is 0 Å². The van der Waals surface area contributed by atoms with E-state index < -0.39 is 36.0 Å². The van der Waals surface area contributed by atoms with Crippen LogP contribution in [0.25, 0.3) is 11.2 Å². The first kappa shape index (κ1) is 19.3. The number of nitrogen functional groups attached to an aromatic ring is 1. The highest BCUT2D eigenvalue weighted by atomic mass is 19.4. The van der Waals surface area contributed by atoms with Gasteiger partial charge in [-0.05, 0) is 25.0 Å². The van der Waals surface area contributed by atoms with Gasteiger partial charge >= 0.3 is 6.18 Å². The number of nitrogens with zero attached hydrogens (tertiary/aromatic N) is 4. The third kappa shape index (κ3) is 3.54. The number of aliphatic hydroxyl groups excluding tert-OH is 1. The fraction of sp³-hybridized carbons (Fsp3) is 0.333. The van der Waals surface area contributed by atoms with Crippen molar-refractivity contribution in [3.63, 3.8) is 0 Å². The Labute approximate surface area is 162 Å². The summed E-state index contributed by atoms with van der Waals surface area (Å²) in [5.41, 5.74) is 5.42. The second-order valence-corrected chi connectivity index (χ2v) is 6.68. The Kier molecular flexibility index (Phi) is 4.71. The van der Waals surface area contributed by atoms with Gasteiger partial charge in [-0.1, -0.05) is 12.1 Å². The Hall–Kier alpha value is -3.05. The summed E-state index contributed by atoms with van der Waals surface area (Å²) in [5, 5.41) is 10.4. The number of halogens is 3. The number of hydrogen-bond donors (Lipinski definition) is 2. The molecule has 0 amide bonds. The molecule has 4 rings (SSSR count). The lowest BCUT2D eigenvalue weighted by Crippen LogP contribution is -2.34. The fourth-order valence-electron chi connectivity index (χ4n) is 3.35. The van der Waals surface area contributed by atoms with Crippen molar-refractivity contribution in [1.82, 2.24) is 19.5 Å².